The summed E-state index contributed by atoms with van der Waals surface area (Å²) in [6.45, 7) is 2.68. The summed E-state index contributed by atoms with van der Waals surface area (Å²) in [4.78, 5) is 16.3. The number of fused-ring (bicyclic) bond motifs is 1. The highest BCUT2D eigenvalue weighted by molar-refractivity contribution is 7.99. The second-order valence-corrected chi connectivity index (χ2v) is 9.11. The first-order valence-electron chi connectivity index (χ1n) is 10.2. The quantitative estimate of drug-likeness (QED) is 0.379. The maximum Gasteiger partial charge on any atom is 0.172 e. The van der Waals surface area contributed by atoms with Crippen LogP contribution in [-0.2, 0) is 7.05 Å². The molecular formula is C23H25ClN6OS. The van der Waals surface area contributed by atoms with E-state index in [0.29, 0.717) is 17.4 Å². The average Bonchev–Trinajstić information content (AvgIpc) is 3.18. The highest BCUT2D eigenvalue weighted by atomic mass is 35.5. The number of halogens is 1. The Bertz CT molecular complexity index is 1220. The molecule has 2 aromatic heterocycles. The largest absolute Gasteiger partial charge is 0.491 e. The molecule has 0 aliphatic carbocycles. The Balaban J connectivity index is 1.60. The molecule has 32 heavy (non-hydrogen) atoms. The minimum Gasteiger partial charge on any atom is -0.491 e. The van der Waals surface area contributed by atoms with Gasteiger partial charge in [0, 0.05) is 36.1 Å². The lowest BCUT2D eigenvalue weighted by molar-refractivity contribution is 0.200. The van der Waals surface area contributed by atoms with E-state index in [9.17, 15) is 0 Å². The molecule has 0 amide bonds. The molecule has 1 unspecified atom stereocenters. The van der Waals surface area contributed by atoms with Gasteiger partial charge in [-0.3, -0.25) is 0 Å². The van der Waals surface area contributed by atoms with Gasteiger partial charge in [-0.25, -0.2) is 15.0 Å². The Morgan fingerprint density at radius 2 is 2.03 bits per heavy atom. The lowest BCUT2D eigenvalue weighted by atomic mass is 10.2. The van der Waals surface area contributed by atoms with E-state index in [-0.39, 0.29) is 6.04 Å². The van der Waals surface area contributed by atoms with E-state index in [1.807, 2.05) is 68.3 Å². The van der Waals surface area contributed by atoms with Gasteiger partial charge in [-0.15, -0.1) is 0 Å². The van der Waals surface area contributed by atoms with Crippen LogP contribution in [0.3, 0.4) is 0 Å². The van der Waals surface area contributed by atoms with Gasteiger partial charge in [0.15, 0.2) is 5.16 Å². The highest BCUT2D eigenvalue weighted by Crippen LogP contribution is 2.36. The maximum atomic E-state index is 6.57. The van der Waals surface area contributed by atoms with Crippen molar-refractivity contribution in [2.24, 2.45) is 7.05 Å². The first-order chi connectivity index (χ1) is 15.4. The Morgan fingerprint density at radius 3 is 2.75 bits per heavy atom. The number of nitrogens with zero attached hydrogens (tertiary/aromatic N) is 5. The van der Waals surface area contributed by atoms with E-state index < -0.39 is 0 Å². The van der Waals surface area contributed by atoms with Crippen LogP contribution in [0.25, 0.3) is 10.9 Å². The number of aromatic nitrogens is 4. The lowest BCUT2D eigenvalue weighted by Crippen LogP contribution is -2.30. The summed E-state index contributed by atoms with van der Waals surface area (Å²) in [5.74, 6) is 1.41. The second kappa shape index (κ2) is 9.77. The van der Waals surface area contributed by atoms with Crippen LogP contribution in [0.4, 0.5) is 11.5 Å². The molecule has 0 radical (unpaired) electrons. The SMILES string of the molecule is CC(COc1cccc2ncnc(Nc3ccc(Sc4nccn4C)c(Cl)c3)c12)N(C)C. The number of nitrogens with one attached hydrogen (secondary N) is 1. The molecule has 0 aliphatic rings. The summed E-state index contributed by atoms with van der Waals surface area (Å²) < 4.78 is 8.09. The molecule has 0 aliphatic heterocycles. The summed E-state index contributed by atoms with van der Waals surface area (Å²) in [6, 6.07) is 11.9. The van der Waals surface area contributed by atoms with Crippen LogP contribution in [0, 0.1) is 0 Å². The summed E-state index contributed by atoms with van der Waals surface area (Å²) in [5.41, 5.74) is 1.64. The van der Waals surface area contributed by atoms with Gasteiger partial charge in [0.05, 0.1) is 15.9 Å². The number of ether oxygens (including phenoxy) is 1. The zero-order chi connectivity index (χ0) is 22.7. The number of likely N-dealkylation sites (N-methyl/N-ethyl adjacent to an activating group) is 1. The monoisotopic (exact) mass is 468 g/mol. The molecule has 7 nitrogen and oxygen atoms in total. The summed E-state index contributed by atoms with van der Waals surface area (Å²) in [7, 11) is 6.03. The van der Waals surface area contributed by atoms with Gasteiger partial charge in [-0.05, 0) is 51.4 Å². The molecule has 4 aromatic rings. The molecule has 0 fully saturated rings. The van der Waals surface area contributed by atoms with Crippen molar-refractivity contribution in [1.82, 2.24) is 24.4 Å². The molecule has 0 spiro atoms. The average molecular weight is 469 g/mol. The summed E-state index contributed by atoms with van der Waals surface area (Å²) in [5, 5.41) is 5.73. The van der Waals surface area contributed by atoms with Crippen molar-refractivity contribution in [2.75, 3.05) is 26.0 Å². The van der Waals surface area contributed by atoms with E-state index in [1.165, 1.54) is 11.8 Å². The number of hydrogen-bond acceptors (Lipinski definition) is 7. The zero-order valence-electron chi connectivity index (χ0n) is 18.4. The number of aryl methyl sites for hydroxylation is 1. The zero-order valence-corrected chi connectivity index (χ0v) is 20.0. The van der Waals surface area contributed by atoms with Gasteiger partial charge < -0.3 is 19.5 Å². The highest BCUT2D eigenvalue weighted by Gasteiger charge is 2.14. The Hall–Kier alpha value is -2.81. The predicted octanol–water partition coefficient (Wildman–Crippen LogP) is 5.24. The van der Waals surface area contributed by atoms with Crippen molar-refractivity contribution in [3.8, 4) is 5.75 Å². The van der Waals surface area contributed by atoms with E-state index in [0.717, 1.165) is 32.4 Å². The van der Waals surface area contributed by atoms with E-state index >= 15 is 0 Å². The Morgan fingerprint density at radius 1 is 1.19 bits per heavy atom. The van der Waals surface area contributed by atoms with Crippen LogP contribution in [0.1, 0.15) is 6.92 Å². The van der Waals surface area contributed by atoms with E-state index in [1.54, 1.807) is 12.5 Å². The minimum absolute atomic E-state index is 0.272. The lowest BCUT2D eigenvalue weighted by Gasteiger charge is -2.21. The van der Waals surface area contributed by atoms with Crippen LogP contribution in [0.15, 0.2) is 65.2 Å². The number of imidazole rings is 1. The predicted molar refractivity (Wildman–Crippen MR) is 130 cm³/mol. The summed E-state index contributed by atoms with van der Waals surface area (Å²) in [6.07, 6.45) is 5.22. The molecule has 166 valence electrons. The molecular weight excluding hydrogens is 444 g/mol. The Labute approximate surface area is 196 Å². The van der Waals surface area contributed by atoms with Crippen molar-refractivity contribution >= 4 is 45.8 Å². The third-order valence-electron chi connectivity index (χ3n) is 5.16. The van der Waals surface area contributed by atoms with Gasteiger partial charge in [-0.2, -0.15) is 0 Å². The summed E-state index contributed by atoms with van der Waals surface area (Å²) >= 11 is 8.09. The van der Waals surface area contributed by atoms with Crippen molar-refractivity contribution in [3.63, 3.8) is 0 Å². The van der Waals surface area contributed by atoms with Crippen LogP contribution in [-0.4, -0.2) is 51.2 Å². The fourth-order valence-corrected chi connectivity index (χ4v) is 4.10. The molecule has 4 rings (SSSR count). The standard InChI is InChI=1S/C23H25ClN6OS/c1-15(29(2)3)13-31-19-7-5-6-18-21(19)22(27-14-26-18)28-16-8-9-20(17(24)12-16)32-23-25-10-11-30(23)4/h5-12,14-15H,13H2,1-4H3,(H,26,27,28). The first kappa shape index (κ1) is 22.4. The van der Waals surface area contributed by atoms with Crippen LogP contribution in [0.5, 0.6) is 5.75 Å². The third-order valence-corrected chi connectivity index (χ3v) is 6.74. The normalized spacial score (nSPS) is 12.3. The molecule has 0 saturated carbocycles. The molecule has 9 heteroatoms. The second-order valence-electron chi connectivity index (χ2n) is 7.69. The van der Waals surface area contributed by atoms with Crippen LogP contribution in [0.2, 0.25) is 5.02 Å². The molecule has 2 aromatic carbocycles. The molecule has 0 saturated heterocycles. The molecule has 0 bridgehead atoms. The van der Waals surface area contributed by atoms with Crippen molar-refractivity contribution in [3.05, 3.63) is 60.1 Å². The van der Waals surface area contributed by atoms with Crippen molar-refractivity contribution in [2.45, 2.75) is 23.0 Å². The smallest absolute Gasteiger partial charge is 0.172 e. The fraction of sp³-hybridized carbons (Fsp3) is 0.261. The van der Waals surface area contributed by atoms with Gasteiger partial charge in [0.2, 0.25) is 0 Å². The number of rotatable bonds is 8. The minimum atomic E-state index is 0.272. The molecule has 1 atom stereocenters. The Kier molecular flexibility index (Phi) is 6.83. The third kappa shape index (κ3) is 4.98. The van der Waals surface area contributed by atoms with Gasteiger partial charge in [0.25, 0.3) is 0 Å². The number of anilines is 2. The van der Waals surface area contributed by atoms with Crippen LogP contribution < -0.4 is 10.1 Å². The van der Waals surface area contributed by atoms with Gasteiger partial charge in [-0.1, -0.05) is 29.4 Å². The van der Waals surface area contributed by atoms with Gasteiger partial charge >= 0.3 is 0 Å². The maximum absolute atomic E-state index is 6.57. The fourth-order valence-electron chi connectivity index (χ4n) is 3.00. The molecule has 2 heterocycles. The van der Waals surface area contributed by atoms with Crippen molar-refractivity contribution in [1.29, 1.82) is 0 Å². The van der Waals surface area contributed by atoms with E-state index in [4.69, 9.17) is 16.3 Å². The topological polar surface area (TPSA) is 68.1 Å². The first-order valence-corrected chi connectivity index (χ1v) is 11.4. The number of hydrogen-bond donors (Lipinski definition) is 1. The number of benzene rings is 2. The van der Waals surface area contributed by atoms with Gasteiger partial charge in [0.1, 0.15) is 24.5 Å². The van der Waals surface area contributed by atoms with Crippen LogP contribution >= 0.6 is 23.4 Å². The van der Waals surface area contributed by atoms with Crippen molar-refractivity contribution < 1.29 is 4.74 Å². The molecule has 1 N–H and O–H groups in total. The van der Waals surface area contributed by atoms with E-state index in [2.05, 4.69) is 32.1 Å².